The molecule has 2 saturated heterocycles. The number of piperidine rings is 1. The van der Waals surface area contributed by atoms with Gasteiger partial charge in [0, 0.05) is 38.2 Å². The number of nitrogens with one attached hydrogen (secondary N) is 4. The van der Waals surface area contributed by atoms with Gasteiger partial charge in [0.1, 0.15) is 5.82 Å². The van der Waals surface area contributed by atoms with Gasteiger partial charge in [-0.25, -0.2) is 4.98 Å². The van der Waals surface area contributed by atoms with Crippen molar-refractivity contribution in [3.63, 3.8) is 0 Å². The number of unbranched alkanes of at least 4 members (excludes halogenated alkanes) is 6. The summed E-state index contributed by atoms with van der Waals surface area (Å²) in [5.41, 5.74) is 2.57. The molecule has 192 valence electrons. The topological polar surface area (TPSA) is 77.1 Å². The van der Waals surface area contributed by atoms with Crippen LogP contribution in [0.5, 0.6) is 0 Å². The summed E-state index contributed by atoms with van der Waals surface area (Å²) >= 11 is 0. The van der Waals surface area contributed by atoms with Gasteiger partial charge in [0.15, 0.2) is 0 Å². The number of nitrogens with zero attached hydrogens (tertiary/aromatic N) is 3. The average molecular weight is 472 g/mol. The van der Waals surface area contributed by atoms with E-state index in [0.717, 1.165) is 58.1 Å². The van der Waals surface area contributed by atoms with Gasteiger partial charge in [0.05, 0.1) is 17.9 Å². The van der Waals surface area contributed by atoms with E-state index in [4.69, 9.17) is 9.97 Å². The lowest BCUT2D eigenvalue weighted by molar-refractivity contribution is 0.313. The van der Waals surface area contributed by atoms with E-state index in [1.165, 1.54) is 94.1 Å². The molecule has 1 aromatic heterocycles. The molecule has 0 amide bonds. The van der Waals surface area contributed by atoms with Crippen LogP contribution >= 0.6 is 0 Å². The maximum absolute atomic E-state index is 5.13. The van der Waals surface area contributed by atoms with E-state index in [0.29, 0.717) is 6.04 Å². The van der Waals surface area contributed by atoms with Crippen LogP contribution in [0.2, 0.25) is 0 Å². The molecule has 0 aliphatic carbocycles. The molecule has 3 aliphatic rings. The minimum absolute atomic E-state index is 0.289. The standard InChI is InChI=1S/C27H49N7/c1-2-3-4-5-6-7-10-16-29-25-24(14-13-17-30-25)32-27-31-23-15-18-28-21-22(23)26(33-27)34-19-11-8-9-12-20-34/h24-25,28-30H,2-21H2,1H3,(H,31,32,33). The van der Waals surface area contributed by atoms with E-state index in [1.807, 2.05) is 0 Å². The molecule has 2 unspecified atom stereocenters. The maximum atomic E-state index is 5.13. The van der Waals surface area contributed by atoms with Crippen molar-refractivity contribution < 1.29 is 0 Å². The Morgan fingerprint density at radius 3 is 2.53 bits per heavy atom. The van der Waals surface area contributed by atoms with E-state index in [-0.39, 0.29) is 6.17 Å². The van der Waals surface area contributed by atoms with Crippen molar-refractivity contribution in [3.05, 3.63) is 11.3 Å². The number of fused-ring (bicyclic) bond motifs is 1. The summed E-state index contributed by atoms with van der Waals surface area (Å²) in [4.78, 5) is 12.7. The third kappa shape index (κ3) is 7.53. The SMILES string of the molecule is CCCCCCCCCNC1NCCCC1Nc1nc2c(c(N3CCCCCC3)n1)CNCC2. The number of hydrogen-bond donors (Lipinski definition) is 4. The number of aromatic nitrogens is 2. The van der Waals surface area contributed by atoms with Crippen LogP contribution < -0.4 is 26.2 Å². The van der Waals surface area contributed by atoms with Gasteiger partial charge in [-0.05, 0) is 45.2 Å². The first-order valence-corrected chi connectivity index (χ1v) is 14.4. The van der Waals surface area contributed by atoms with Crippen LogP contribution in [0.1, 0.15) is 102 Å². The third-order valence-corrected chi connectivity index (χ3v) is 7.73. The molecule has 4 N–H and O–H groups in total. The van der Waals surface area contributed by atoms with Crippen LogP contribution in [0, 0.1) is 0 Å². The first kappa shape index (κ1) is 25.6. The molecule has 0 radical (unpaired) electrons. The molecule has 0 aromatic carbocycles. The molecule has 7 nitrogen and oxygen atoms in total. The summed E-state index contributed by atoms with van der Waals surface area (Å²) in [6.07, 6.45) is 18.3. The Hall–Kier alpha value is -1.44. The summed E-state index contributed by atoms with van der Waals surface area (Å²) < 4.78 is 0. The zero-order valence-electron chi connectivity index (χ0n) is 21.6. The Morgan fingerprint density at radius 2 is 1.71 bits per heavy atom. The molecule has 0 bridgehead atoms. The molecule has 7 heteroatoms. The van der Waals surface area contributed by atoms with E-state index in [1.54, 1.807) is 0 Å². The van der Waals surface area contributed by atoms with Crippen LogP contribution in [0.25, 0.3) is 0 Å². The van der Waals surface area contributed by atoms with Crippen LogP contribution in [-0.2, 0) is 13.0 Å². The Bertz CT molecular complexity index is 717. The highest BCUT2D eigenvalue weighted by Gasteiger charge is 2.27. The fraction of sp³-hybridized carbons (Fsp3) is 0.852. The highest BCUT2D eigenvalue weighted by atomic mass is 15.3. The van der Waals surface area contributed by atoms with Crippen molar-refractivity contribution in [1.82, 2.24) is 25.9 Å². The Kier molecular flexibility index (Phi) is 10.7. The summed E-state index contributed by atoms with van der Waals surface area (Å²) in [5, 5.41) is 14.8. The summed E-state index contributed by atoms with van der Waals surface area (Å²) in [7, 11) is 0. The van der Waals surface area contributed by atoms with E-state index >= 15 is 0 Å². The normalized spacial score (nSPS) is 23.4. The van der Waals surface area contributed by atoms with Crippen molar-refractivity contribution in [2.75, 3.05) is 42.9 Å². The first-order chi connectivity index (χ1) is 16.8. The molecule has 3 aliphatic heterocycles. The van der Waals surface area contributed by atoms with Crippen molar-refractivity contribution in [3.8, 4) is 0 Å². The van der Waals surface area contributed by atoms with E-state index < -0.39 is 0 Å². The zero-order valence-corrected chi connectivity index (χ0v) is 21.6. The van der Waals surface area contributed by atoms with E-state index in [9.17, 15) is 0 Å². The lowest BCUT2D eigenvalue weighted by Gasteiger charge is -2.35. The monoisotopic (exact) mass is 471 g/mol. The van der Waals surface area contributed by atoms with Gasteiger partial charge in [-0.3, -0.25) is 0 Å². The fourth-order valence-corrected chi connectivity index (χ4v) is 5.70. The Balaban J connectivity index is 1.35. The van der Waals surface area contributed by atoms with Crippen molar-refractivity contribution in [2.45, 2.75) is 116 Å². The number of anilines is 2. The predicted molar refractivity (Wildman–Crippen MR) is 143 cm³/mol. The van der Waals surface area contributed by atoms with Crippen molar-refractivity contribution in [1.29, 1.82) is 0 Å². The molecular weight excluding hydrogens is 422 g/mol. The van der Waals surface area contributed by atoms with Gasteiger partial charge < -0.3 is 26.2 Å². The molecule has 0 saturated carbocycles. The van der Waals surface area contributed by atoms with Gasteiger partial charge in [-0.2, -0.15) is 4.98 Å². The third-order valence-electron chi connectivity index (χ3n) is 7.73. The van der Waals surface area contributed by atoms with Crippen LogP contribution in [0.15, 0.2) is 0 Å². The minimum atomic E-state index is 0.289. The Morgan fingerprint density at radius 1 is 0.912 bits per heavy atom. The number of rotatable bonds is 12. The molecule has 2 atom stereocenters. The second-order valence-electron chi connectivity index (χ2n) is 10.5. The van der Waals surface area contributed by atoms with Gasteiger partial charge in [0.25, 0.3) is 0 Å². The molecule has 4 rings (SSSR count). The van der Waals surface area contributed by atoms with E-state index in [2.05, 4.69) is 33.1 Å². The smallest absolute Gasteiger partial charge is 0.225 e. The van der Waals surface area contributed by atoms with Crippen LogP contribution in [-0.4, -0.2) is 54.9 Å². The molecule has 1 aromatic rings. The highest BCUT2D eigenvalue weighted by Crippen LogP contribution is 2.28. The van der Waals surface area contributed by atoms with Gasteiger partial charge in [-0.1, -0.05) is 58.3 Å². The quantitative estimate of drug-likeness (QED) is 0.338. The van der Waals surface area contributed by atoms with Gasteiger partial charge in [-0.15, -0.1) is 0 Å². The average Bonchev–Trinajstić information content (AvgIpc) is 3.16. The summed E-state index contributed by atoms with van der Waals surface area (Å²) in [5.74, 6) is 2.01. The molecule has 0 spiro atoms. The minimum Gasteiger partial charge on any atom is -0.356 e. The Labute approximate surface area is 207 Å². The lowest BCUT2D eigenvalue weighted by Crippen LogP contribution is -2.57. The maximum Gasteiger partial charge on any atom is 0.225 e. The first-order valence-electron chi connectivity index (χ1n) is 14.4. The molecule has 2 fully saturated rings. The highest BCUT2D eigenvalue weighted by molar-refractivity contribution is 5.54. The van der Waals surface area contributed by atoms with Gasteiger partial charge >= 0.3 is 0 Å². The second-order valence-corrected chi connectivity index (χ2v) is 10.5. The van der Waals surface area contributed by atoms with Gasteiger partial charge in [0.2, 0.25) is 5.95 Å². The lowest BCUT2D eigenvalue weighted by atomic mass is 10.0. The summed E-state index contributed by atoms with van der Waals surface area (Å²) in [6.45, 7) is 8.61. The zero-order chi connectivity index (χ0) is 23.4. The fourth-order valence-electron chi connectivity index (χ4n) is 5.70. The largest absolute Gasteiger partial charge is 0.356 e. The van der Waals surface area contributed by atoms with Crippen molar-refractivity contribution >= 4 is 11.8 Å². The van der Waals surface area contributed by atoms with Crippen LogP contribution in [0.4, 0.5) is 11.8 Å². The molecular formula is C27H49N7. The second kappa shape index (κ2) is 14.2. The summed E-state index contributed by atoms with van der Waals surface area (Å²) in [6, 6.07) is 0.329. The van der Waals surface area contributed by atoms with Crippen molar-refractivity contribution in [2.24, 2.45) is 0 Å². The number of hydrogen-bond acceptors (Lipinski definition) is 7. The van der Waals surface area contributed by atoms with Crippen LogP contribution in [0.3, 0.4) is 0 Å². The molecule has 4 heterocycles. The predicted octanol–water partition coefficient (Wildman–Crippen LogP) is 4.33. The molecule has 34 heavy (non-hydrogen) atoms.